The van der Waals surface area contributed by atoms with E-state index in [1.54, 1.807) is 0 Å². The quantitative estimate of drug-likeness (QED) is 0.864. The maximum atomic E-state index is 12.4. The number of H-pyrrole nitrogens is 1. The molecule has 0 radical (unpaired) electrons. The SMILES string of the molecule is CCc1c(Cl)[nH]c(=O)n(C(C)CCc2ccccc2)c1=O. The van der Waals surface area contributed by atoms with Crippen LogP contribution in [-0.4, -0.2) is 9.55 Å². The largest absolute Gasteiger partial charge is 0.329 e. The molecule has 0 aliphatic heterocycles. The lowest BCUT2D eigenvalue weighted by molar-refractivity contribution is 0.468. The van der Waals surface area contributed by atoms with E-state index in [1.165, 1.54) is 10.1 Å². The van der Waals surface area contributed by atoms with Crippen molar-refractivity contribution in [3.05, 3.63) is 67.4 Å². The van der Waals surface area contributed by atoms with Gasteiger partial charge in [0.1, 0.15) is 5.15 Å². The van der Waals surface area contributed by atoms with Gasteiger partial charge in [0.2, 0.25) is 0 Å². The number of nitrogens with zero attached hydrogens (tertiary/aromatic N) is 1. The molecule has 112 valence electrons. The Kier molecular flexibility index (Phi) is 5.02. The summed E-state index contributed by atoms with van der Waals surface area (Å²) in [5.41, 5.74) is 0.927. The Bertz CT molecular complexity index is 719. The number of aromatic amines is 1. The molecule has 0 aliphatic carbocycles. The van der Waals surface area contributed by atoms with Gasteiger partial charge >= 0.3 is 5.69 Å². The third kappa shape index (κ3) is 3.45. The molecule has 2 rings (SSSR count). The fraction of sp³-hybridized carbons (Fsp3) is 0.375. The maximum Gasteiger partial charge on any atom is 0.329 e. The Morgan fingerprint density at radius 2 is 1.90 bits per heavy atom. The van der Waals surface area contributed by atoms with Crippen LogP contribution in [0.4, 0.5) is 0 Å². The number of aryl methyl sites for hydroxylation is 1. The van der Waals surface area contributed by atoms with Gasteiger partial charge < -0.3 is 0 Å². The molecule has 1 unspecified atom stereocenters. The van der Waals surface area contributed by atoms with E-state index in [0.717, 1.165) is 12.8 Å². The van der Waals surface area contributed by atoms with E-state index in [2.05, 4.69) is 4.98 Å². The number of hydrogen-bond acceptors (Lipinski definition) is 2. The predicted molar refractivity (Wildman–Crippen MR) is 85.2 cm³/mol. The molecule has 0 amide bonds. The van der Waals surface area contributed by atoms with Gasteiger partial charge in [-0.25, -0.2) is 4.79 Å². The standard InChI is InChI=1S/C16H19ClN2O2/c1-3-13-14(17)18-16(21)19(15(13)20)11(2)9-10-12-7-5-4-6-8-12/h4-8,11H,3,9-10H2,1-2H3,(H,18,21). The molecule has 1 aromatic carbocycles. The van der Waals surface area contributed by atoms with Crippen LogP contribution in [0.5, 0.6) is 0 Å². The van der Waals surface area contributed by atoms with Crippen molar-refractivity contribution in [1.82, 2.24) is 9.55 Å². The highest BCUT2D eigenvalue weighted by atomic mass is 35.5. The van der Waals surface area contributed by atoms with Gasteiger partial charge in [-0.15, -0.1) is 0 Å². The van der Waals surface area contributed by atoms with Crippen molar-refractivity contribution in [3.8, 4) is 0 Å². The van der Waals surface area contributed by atoms with E-state index in [4.69, 9.17) is 11.6 Å². The molecule has 1 aromatic heterocycles. The van der Waals surface area contributed by atoms with Crippen LogP contribution in [0.1, 0.15) is 37.4 Å². The second-order valence-corrected chi connectivity index (χ2v) is 5.50. The highest BCUT2D eigenvalue weighted by molar-refractivity contribution is 6.30. The van der Waals surface area contributed by atoms with Crippen molar-refractivity contribution in [2.24, 2.45) is 0 Å². The van der Waals surface area contributed by atoms with E-state index < -0.39 is 5.69 Å². The summed E-state index contributed by atoms with van der Waals surface area (Å²) in [7, 11) is 0. The molecule has 5 heteroatoms. The lowest BCUT2D eigenvalue weighted by atomic mass is 10.1. The number of hydrogen-bond donors (Lipinski definition) is 1. The van der Waals surface area contributed by atoms with Crippen LogP contribution < -0.4 is 11.2 Å². The maximum absolute atomic E-state index is 12.4. The summed E-state index contributed by atoms with van der Waals surface area (Å²) in [6.07, 6.45) is 2.04. The Hall–Kier alpha value is -1.81. The molecule has 4 nitrogen and oxygen atoms in total. The molecule has 0 saturated carbocycles. The molecular formula is C16H19ClN2O2. The molecule has 1 N–H and O–H groups in total. The zero-order valence-corrected chi connectivity index (χ0v) is 13.0. The second kappa shape index (κ2) is 6.76. The van der Waals surface area contributed by atoms with Gasteiger partial charge in [-0.2, -0.15) is 0 Å². The number of halogens is 1. The number of nitrogens with one attached hydrogen (secondary N) is 1. The summed E-state index contributed by atoms with van der Waals surface area (Å²) in [5, 5.41) is 0.152. The Balaban J connectivity index is 2.25. The smallest absolute Gasteiger partial charge is 0.297 e. The highest BCUT2D eigenvalue weighted by Crippen LogP contribution is 2.13. The minimum atomic E-state index is -0.442. The van der Waals surface area contributed by atoms with Crippen LogP contribution in [0.25, 0.3) is 0 Å². The van der Waals surface area contributed by atoms with Crippen LogP contribution in [0.3, 0.4) is 0 Å². The van der Waals surface area contributed by atoms with Gasteiger partial charge in [-0.3, -0.25) is 14.3 Å². The van der Waals surface area contributed by atoms with E-state index in [9.17, 15) is 9.59 Å². The third-order valence-corrected chi connectivity index (χ3v) is 3.99. The zero-order chi connectivity index (χ0) is 15.4. The van der Waals surface area contributed by atoms with Crippen molar-refractivity contribution in [1.29, 1.82) is 0 Å². The lowest BCUT2D eigenvalue weighted by Crippen LogP contribution is -2.39. The number of benzene rings is 1. The minimum absolute atomic E-state index is 0.152. The van der Waals surface area contributed by atoms with Crippen molar-refractivity contribution < 1.29 is 0 Å². The van der Waals surface area contributed by atoms with E-state index in [0.29, 0.717) is 12.0 Å². The first-order chi connectivity index (χ1) is 10.0. The summed E-state index contributed by atoms with van der Waals surface area (Å²) in [4.78, 5) is 26.9. The molecule has 1 atom stereocenters. The van der Waals surface area contributed by atoms with E-state index in [-0.39, 0.29) is 16.8 Å². The molecule has 1 heterocycles. The van der Waals surface area contributed by atoms with Gasteiger partial charge in [-0.1, -0.05) is 48.9 Å². The van der Waals surface area contributed by atoms with Gasteiger partial charge in [0.25, 0.3) is 5.56 Å². The summed E-state index contributed by atoms with van der Waals surface area (Å²) in [5.74, 6) is 0. The molecular weight excluding hydrogens is 288 g/mol. The molecule has 21 heavy (non-hydrogen) atoms. The fourth-order valence-electron chi connectivity index (χ4n) is 2.42. The summed E-state index contributed by atoms with van der Waals surface area (Å²) in [6.45, 7) is 3.73. The molecule has 2 aromatic rings. The third-order valence-electron chi connectivity index (χ3n) is 3.67. The minimum Gasteiger partial charge on any atom is -0.297 e. The fourth-order valence-corrected chi connectivity index (χ4v) is 2.71. The normalized spacial score (nSPS) is 12.3. The molecule has 0 saturated heterocycles. The first kappa shape index (κ1) is 15.6. The first-order valence-electron chi connectivity index (χ1n) is 7.11. The predicted octanol–water partition coefficient (Wildman–Crippen LogP) is 2.95. The van der Waals surface area contributed by atoms with Crippen molar-refractivity contribution in [2.45, 2.75) is 39.2 Å². The number of rotatable bonds is 5. The van der Waals surface area contributed by atoms with Gasteiger partial charge in [0.15, 0.2) is 0 Å². The molecule has 0 bridgehead atoms. The Labute approximate surface area is 128 Å². The van der Waals surface area contributed by atoms with Crippen molar-refractivity contribution in [2.75, 3.05) is 0 Å². The Morgan fingerprint density at radius 3 is 2.52 bits per heavy atom. The average Bonchev–Trinajstić information content (AvgIpc) is 2.46. The van der Waals surface area contributed by atoms with Crippen LogP contribution in [0, 0.1) is 0 Å². The average molecular weight is 307 g/mol. The summed E-state index contributed by atoms with van der Waals surface area (Å²) >= 11 is 5.92. The second-order valence-electron chi connectivity index (χ2n) is 5.12. The van der Waals surface area contributed by atoms with Crippen molar-refractivity contribution in [3.63, 3.8) is 0 Å². The van der Waals surface area contributed by atoms with Crippen LogP contribution in [0.15, 0.2) is 39.9 Å². The highest BCUT2D eigenvalue weighted by Gasteiger charge is 2.15. The monoisotopic (exact) mass is 306 g/mol. The lowest BCUT2D eigenvalue weighted by Gasteiger charge is -2.15. The Morgan fingerprint density at radius 1 is 1.24 bits per heavy atom. The van der Waals surface area contributed by atoms with Crippen LogP contribution in [0.2, 0.25) is 5.15 Å². The molecule has 0 fully saturated rings. The van der Waals surface area contributed by atoms with Gasteiger partial charge in [-0.05, 0) is 31.7 Å². The van der Waals surface area contributed by atoms with Crippen molar-refractivity contribution >= 4 is 11.6 Å². The topological polar surface area (TPSA) is 54.9 Å². The van der Waals surface area contributed by atoms with Gasteiger partial charge in [0.05, 0.1) is 5.56 Å². The van der Waals surface area contributed by atoms with Gasteiger partial charge in [0, 0.05) is 6.04 Å². The first-order valence-corrected chi connectivity index (χ1v) is 7.49. The van der Waals surface area contributed by atoms with E-state index >= 15 is 0 Å². The molecule has 0 spiro atoms. The molecule has 0 aliphatic rings. The van der Waals surface area contributed by atoms with Crippen LogP contribution >= 0.6 is 11.6 Å². The summed E-state index contributed by atoms with van der Waals surface area (Å²) in [6, 6.07) is 9.84. The number of aromatic nitrogens is 2. The summed E-state index contributed by atoms with van der Waals surface area (Å²) < 4.78 is 1.27. The van der Waals surface area contributed by atoms with Crippen LogP contribution in [-0.2, 0) is 12.8 Å². The zero-order valence-electron chi connectivity index (χ0n) is 12.2. The van der Waals surface area contributed by atoms with E-state index in [1.807, 2.05) is 44.2 Å².